The van der Waals surface area contributed by atoms with E-state index in [1.807, 2.05) is 0 Å². The third-order valence-corrected chi connectivity index (χ3v) is 4.20. The minimum Gasteiger partial charge on any atom is -0.396 e. The molecule has 2 rings (SSSR count). The van der Waals surface area contributed by atoms with Crippen molar-refractivity contribution >= 4 is 0 Å². The van der Waals surface area contributed by atoms with Crippen molar-refractivity contribution in [1.82, 2.24) is 5.32 Å². The zero-order valence-corrected chi connectivity index (χ0v) is 10.4. The van der Waals surface area contributed by atoms with Crippen molar-refractivity contribution in [3.05, 3.63) is 0 Å². The van der Waals surface area contributed by atoms with Crippen molar-refractivity contribution in [2.24, 2.45) is 0 Å². The van der Waals surface area contributed by atoms with Crippen molar-refractivity contribution in [2.45, 2.75) is 69.6 Å². The Labute approximate surface area is 98.6 Å². The van der Waals surface area contributed by atoms with Crippen LogP contribution in [-0.2, 0) is 4.74 Å². The number of aliphatic hydroxyl groups is 1. The van der Waals surface area contributed by atoms with Gasteiger partial charge in [-0.25, -0.2) is 0 Å². The summed E-state index contributed by atoms with van der Waals surface area (Å²) in [5.74, 6) is 0. The Bertz CT molecular complexity index is 216. The topological polar surface area (TPSA) is 41.5 Å². The zero-order valence-electron chi connectivity index (χ0n) is 10.4. The van der Waals surface area contributed by atoms with Gasteiger partial charge in [-0.15, -0.1) is 0 Å². The van der Waals surface area contributed by atoms with E-state index in [1.54, 1.807) is 0 Å². The molecule has 3 nitrogen and oxygen atoms in total. The van der Waals surface area contributed by atoms with Crippen LogP contribution in [0.1, 0.15) is 51.9 Å². The average Bonchev–Trinajstić information content (AvgIpc) is 2.27. The van der Waals surface area contributed by atoms with Crippen LogP contribution in [0.2, 0.25) is 0 Å². The van der Waals surface area contributed by atoms with Gasteiger partial charge in [-0.05, 0) is 44.9 Å². The van der Waals surface area contributed by atoms with E-state index in [4.69, 9.17) is 9.84 Å². The van der Waals surface area contributed by atoms with Gasteiger partial charge in [-0.3, -0.25) is 0 Å². The molecule has 2 atom stereocenters. The van der Waals surface area contributed by atoms with E-state index >= 15 is 0 Å². The lowest BCUT2D eigenvalue weighted by atomic mass is 9.74. The van der Waals surface area contributed by atoms with Crippen molar-refractivity contribution in [2.75, 3.05) is 13.2 Å². The number of hydrogen-bond donors (Lipinski definition) is 2. The van der Waals surface area contributed by atoms with Crippen LogP contribution in [0.15, 0.2) is 0 Å². The van der Waals surface area contributed by atoms with E-state index in [0.717, 1.165) is 25.9 Å². The van der Waals surface area contributed by atoms with Crippen molar-refractivity contribution in [3.8, 4) is 0 Å². The Morgan fingerprint density at radius 2 is 2.31 bits per heavy atom. The fraction of sp³-hybridized carbons (Fsp3) is 1.00. The monoisotopic (exact) mass is 227 g/mol. The Morgan fingerprint density at radius 1 is 1.50 bits per heavy atom. The number of ether oxygens (including phenoxy) is 1. The molecule has 1 saturated carbocycles. The van der Waals surface area contributed by atoms with E-state index in [9.17, 15) is 0 Å². The molecule has 2 aliphatic rings. The standard InChI is InChI=1S/C13H25NO2/c1-2-11(4-8-15)14-12-5-9-16-13(10-12)6-3-7-13/h11-12,14-15H,2-10H2,1H3. The summed E-state index contributed by atoms with van der Waals surface area (Å²) >= 11 is 0. The first kappa shape index (κ1) is 12.3. The number of hydrogen-bond acceptors (Lipinski definition) is 3. The molecular weight excluding hydrogens is 202 g/mol. The summed E-state index contributed by atoms with van der Waals surface area (Å²) in [7, 11) is 0. The van der Waals surface area contributed by atoms with Crippen molar-refractivity contribution < 1.29 is 9.84 Å². The van der Waals surface area contributed by atoms with Crippen LogP contribution in [0, 0.1) is 0 Å². The van der Waals surface area contributed by atoms with Crippen LogP contribution in [-0.4, -0.2) is 36.0 Å². The largest absolute Gasteiger partial charge is 0.396 e. The second-order valence-corrected chi connectivity index (χ2v) is 5.36. The van der Waals surface area contributed by atoms with Crippen LogP contribution in [0.3, 0.4) is 0 Å². The predicted molar refractivity (Wildman–Crippen MR) is 64.5 cm³/mol. The number of aliphatic hydroxyl groups excluding tert-OH is 1. The highest BCUT2D eigenvalue weighted by molar-refractivity contribution is 4.96. The molecule has 1 aliphatic carbocycles. The van der Waals surface area contributed by atoms with Gasteiger partial charge in [-0.2, -0.15) is 0 Å². The molecule has 0 aromatic rings. The van der Waals surface area contributed by atoms with Gasteiger partial charge in [0.25, 0.3) is 0 Å². The maximum absolute atomic E-state index is 8.99. The number of rotatable bonds is 5. The molecule has 2 unspecified atom stereocenters. The molecule has 1 spiro atoms. The first-order valence-electron chi connectivity index (χ1n) is 6.79. The van der Waals surface area contributed by atoms with Gasteiger partial charge in [-0.1, -0.05) is 6.92 Å². The molecule has 0 aromatic heterocycles. The number of nitrogens with one attached hydrogen (secondary N) is 1. The molecule has 16 heavy (non-hydrogen) atoms. The summed E-state index contributed by atoms with van der Waals surface area (Å²) in [5, 5.41) is 12.7. The molecule has 94 valence electrons. The normalized spacial score (nSPS) is 30.0. The SMILES string of the molecule is CCC(CCO)NC1CCOC2(CCC2)C1. The quantitative estimate of drug-likeness (QED) is 0.753. The summed E-state index contributed by atoms with van der Waals surface area (Å²) in [4.78, 5) is 0. The molecule has 0 aromatic carbocycles. The van der Waals surface area contributed by atoms with E-state index < -0.39 is 0 Å². The third kappa shape index (κ3) is 2.76. The third-order valence-electron chi connectivity index (χ3n) is 4.20. The predicted octanol–water partition coefficient (Wildman–Crippen LogP) is 1.84. The fourth-order valence-corrected chi connectivity index (χ4v) is 2.98. The summed E-state index contributed by atoms with van der Waals surface area (Å²) in [6.07, 6.45) is 8.12. The summed E-state index contributed by atoms with van der Waals surface area (Å²) in [5.41, 5.74) is 0.230. The van der Waals surface area contributed by atoms with Gasteiger partial charge < -0.3 is 15.2 Å². The lowest BCUT2D eigenvalue weighted by Gasteiger charge is -2.48. The van der Waals surface area contributed by atoms with Crippen LogP contribution < -0.4 is 5.32 Å². The highest BCUT2D eigenvalue weighted by Crippen LogP contribution is 2.42. The zero-order chi connectivity index (χ0) is 11.4. The molecule has 2 N–H and O–H groups in total. The summed E-state index contributed by atoms with van der Waals surface area (Å²) < 4.78 is 5.92. The average molecular weight is 227 g/mol. The first-order chi connectivity index (χ1) is 7.78. The van der Waals surface area contributed by atoms with E-state index in [1.165, 1.54) is 25.7 Å². The fourth-order valence-electron chi connectivity index (χ4n) is 2.98. The lowest BCUT2D eigenvalue weighted by molar-refractivity contribution is -0.136. The van der Waals surface area contributed by atoms with E-state index in [2.05, 4.69) is 12.2 Å². The second-order valence-electron chi connectivity index (χ2n) is 5.36. The summed E-state index contributed by atoms with van der Waals surface area (Å²) in [6, 6.07) is 1.08. The molecule has 1 heterocycles. The van der Waals surface area contributed by atoms with Gasteiger partial charge in [0.2, 0.25) is 0 Å². The van der Waals surface area contributed by atoms with Crippen LogP contribution in [0.5, 0.6) is 0 Å². The van der Waals surface area contributed by atoms with Crippen LogP contribution in [0.25, 0.3) is 0 Å². The van der Waals surface area contributed by atoms with Gasteiger partial charge in [0.05, 0.1) is 5.60 Å². The Balaban J connectivity index is 1.80. The minimum atomic E-state index is 0.230. The van der Waals surface area contributed by atoms with Crippen LogP contribution in [0.4, 0.5) is 0 Å². The van der Waals surface area contributed by atoms with Gasteiger partial charge >= 0.3 is 0 Å². The van der Waals surface area contributed by atoms with E-state index in [-0.39, 0.29) is 5.60 Å². The van der Waals surface area contributed by atoms with Gasteiger partial charge in [0, 0.05) is 25.3 Å². The molecular formula is C13H25NO2. The van der Waals surface area contributed by atoms with Gasteiger partial charge in [0.1, 0.15) is 0 Å². The Kier molecular flexibility index (Phi) is 4.22. The molecule has 1 saturated heterocycles. The maximum Gasteiger partial charge on any atom is 0.0697 e. The molecule has 2 fully saturated rings. The van der Waals surface area contributed by atoms with Crippen LogP contribution >= 0.6 is 0 Å². The smallest absolute Gasteiger partial charge is 0.0697 e. The highest BCUT2D eigenvalue weighted by atomic mass is 16.5. The first-order valence-corrected chi connectivity index (χ1v) is 6.79. The highest BCUT2D eigenvalue weighted by Gasteiger charge is 2.42. The van der Waals surface area contributed by atoms with E-state index in [0.29, 0.717) is 18.7 Å². The molecule has 3 heteroatoms. The summed E-state index contributed by atoms with van der Waals surface area (Å²) in [6.45, 7) is 3.39. The lowest BCUT2D eigenvalue weighted by Crippen LogP contribution is -2.52. The molecule has 0 radical (unpaired) electrons. The minimum absolute atomic E-state index is 0.230. The second kappa shape index (κ2) is 5.48. The Hall–Kier alpha value is -0.120. The molecule has 0 bridgehead atoms. The van der Waals surface area contributed by atoms with Crippen molar-refractivity contribution in [1.29, 1.82) is 0 Å². The molecule has 0 amide bonds. The maximum atomic E-state index is 8.99. The van der Waals surface area contributed by atoms with Crippen molar-refractivity contribution in [3.63, 3.8) is 0 Å². The Morgan fingerprint density at radius 3 is 2.88 bits per heavy atom. The van der Waals surface area contributed by atoms with Gasteiger partial charge in [0.15, 0.2) is 0 Å². The molecule has 1 aliphatic heterocycles.